The van der Waals surface area contributed by atoms with Gasteiger partial charge in [-0.05, 0) is 37.4 Å². The minimum atomic E-state index is -4.69. The quantitative estimate of drug-likeness (QED) is 0.887. The summed E-state index contributed by atoms with van der Waals surface area (Å²) in [4.78, 5) is 0. The van der Waals surface area contributed by atoms with Gasteiger partial charge in [0.25, 0.3) is 0 Å². The van der Waals surface area contributed by atoms with Crippen LogP contribution in [0.25, 0.3) is 0 Å². The fraction of sp³-hybridized carbons (Fsp3) is 0.286. The van der Waals surface area contributed by atoms with Crippen molar-refractivity contribution in [2.75, 3.05) is 7.05 Å². The molecule has 2 aromatic rings. The van der Waals surface area contributed by atoms with Gasteiger partial charge in [0.05, 0.1) is 12.8 Å². The summed E-state index contributed by atoms with van der Waals surface area (Å²) in [6.45, 7) is 0.844. The smallest absolute Gasteiger partial charge is 0.489 e. The molecule has 1 N–H and O–H groups in total. The van der Waals surface area contributed by atoms with Crippen LogP contribution in [-0.2, 0) is 13.2 Å². The predicted molar refractivity (Wildman–Crippen MR) is 68.9 cm³/mol. The average Bonchev–Trinajstić information content (AvgIpc) is 2.84. The van der Waals surface area contributed by atoms with Gasteiger partial charge in [0.15, 0.2) is 0 Å². The number of benzene rings is 1. The fourth-order valence-corrected chi connectivity index (χ4v) is 1.71. The van der Waals surface area contributed by atoms with E-state index in [2.05, 4.69) is 10.1 Å². The maximum atomic E-state index is 12.0. The van der Waals surface area contributed by atoms with Gasteiger partial charge < -0.3 is 19.2 Å². The third-order valence-corrected chi connectivity index (χ3v) is 2.63. The first kappa shape index (κ1) is 15.2. The zero-order chi connectivity index (χ0) is 15.3. The molecule has 4 nitrogen and oxygen atoms in total. The van der Waals surface area contributed by atoms with E-state index in [-0.39, 0.29) is 12.4 Å². The number of nitrogens with one attached hydrogen (secondary N) is 1. The van der Waals surface area contributed by atoms with Crippen LogP contribution < -0.4 is 14.8 Å². The van der Waals surface area contributed by atoms with Crippen LogP contribution in [0.2, 0.25) is 0 Å². The minimum Gasteiger partial charge on any atom is -0.489 e. The lowest BCUT2D eigenvalue weighted by atomic mass is 10.2. The molecule has 0 aliphatic rings. The molecule has 0 aliphatic carbocycles. The Labute approximate surface area is 119 Å². The first-order valence-corrected chi connectivity index (χ1v) is 6.16. The molecule has 0 bridgehead atoms. The van der Waals surface area contributed by atoms with Gasteiger partial charge in [0, 0.05) is 5.56 Å². The van der Waals surface area contributed by atoms with Crippen LogP contribution in [0, 0.1) is 0 Å². The topological polar surface area (TPSA) is 43.6 Å². The summed E-state index contributed by atoms with van der Waals surface area (Å²) in [5.74, 6) is 0.921. The molecule has 1 aromatic heterocycles. The van der Waals surface area contributed by atoms with Gasteiger partial charge in [0.2, 0.25) is 0 Å². The maximum absolute atomic E-state index is 12.0. The van der Waals surface area contributed by atoms with Gasteiger partial charge in [-0.2, -0.15) is 0 Å². The largest absolute Gasteiger partial charge is 0.573 e. The van der Waals surface area contributed by atoms with Crippen molar-refractivity contribution in [1.82, 2.24) is 5.32 Å². The summed E-state index contributed by atoms with van der Waals surface area (Å²) in [5.41, 5.74) is 0.875. The number of ether oxygens (including phenoxy) is 2. The lowest BCUT2D eigenvalue weighted by Gasteiger charge is -2.10. The number of halogens is 3. The van der Waals surface area contributed by atoms with Crippen LogP contribution >= 0.6 is 0 Å². The van der Waals surface area contributed by atoms with E-state index in [1.807, 2.05) is 0 Å². The lowest BCUT2D eigenvalue weighted by Crippen LogP contribution is -2.16. The summed E-state index contributed by atoms with van der Waals surface area (Å²) in [5, 5.41) is 2.97. The van der Waals surface area contributed by atoms with Crippen molar-refractivity contribution in [3.63, 3.8) is 0 Å². The van der Waals surface area contributed by atoms with Gasteiger partial charge in [-0.15, -0.1) is 13.2 Å². The second kappa shape index (κ2) is 6.53. The van der Waals surface area contributed by atoms with E-state index in [9.17, 15) is 13.2 Å². The van der Waals surface area contributed by atoms with Gasteiger partial charge in [-0.25, -0.2) is 0 Å². The second-order valence-electron chi connectivity index (χ2n) is 4.21. The van der Waals surface area contributed by atoms with E-state index in [4.69, 9.17) is 9.15 Å². The van der Waals surface area contributed by atoms with Gasteiger partial charge in [-0.3, -0.25) is 0 Å². The Balaban J connectivity index is 1.93. The number of furan rings is 1. The normalized spacial score (nSPS) is 11.4. The molecule has 0 amide bonds. The standard InChI is InChI=1S/C14H14F3NO3/c1-18-8-13-10(6-7-19-13)9-20-11-2-4-12(5-3-11)21-14(15,16)17/h2-7,18H,8-9H2,1H3. The van der Waals surface area contributed by atoms with Crippen molar-refractivity contribution in [2.45, 2.75) is 19.5 Å². The summed E-state index contributed by atoms with van der Waals surface area (Å²) >= 11 is 0. The Morgan fingerprint density at radius 2 is 1.76 bits per heavy atom. The second-order valence-corrected chi connectivity index (χ2v) is 4.21. The Morgan fingerprint density at radius 1 is 1.10 bits per heavy atom. The molecule has 1 aromatic carbocycles. The van der Waals surface area contributed by atoms with E-state index < -0.39 is 6.36 Å². The predicted octanol–water partition coefficient (Wildman–Crippen LogP) is 3.48. The molecule has 2 rings (SSSR count). The van der Waals surface area contributed by atoms with Gasteiger partial charge in [0.1, 0.15) is 23.9 Å². The van der Waals surface area contributed by atoms with Crippen molar-refractivity contribution < 1.29 is 27.1 Å². The number of alkyl halides is 3. The Kier molecular flexibility index (Phi) is 4.74. The molecule has 7 heteroatoms. The molecule has 0 aliphatic heterocycles. The summed E-state index contributed by atoms with van der Waals surface area (Å²) in [6, 6.07) is 7.02. The van der Waals surface area contributed by atoms with E-state index in [0.29, 0.717) is 12.3 Å². The van der Waals surface area contributed by atoms with Crippen LogP contribution in [0.3, 0.4) is 0 Å². The molecule has 1 heterocycles. The molecule has 0 saturated heterocycles. The van der Waals surface area contributed by atoms with Crippen LogP contribution in [0.5, 0.6) is 11.5 Å². The molecule has 21 heavy (non-hydrogen) atoms. The van der Waals surface area contributed by atoms with Crippen molar-refractivity contribution in [3.8, 4) is 11.5 Å². The molecule has 0 radical (unpaired) electrons. The SMILES string of the molecule is CNCc1occc1COc1ccc(OC(F)(F)F)cc1. The highest BCUT2D eigenvalue weighted by atomic mass is 19.4. The third-order valence-electron chi connectivity index (χ3n) is 2.63. The first-order valence-electron chi connectivity index (χ1n) is 6.16. The highest BCUT2D eigenvalue weighted by Crippen LogP contribution is 2.25. The minimum absolute atomic E-state index is 0.271. The Bertz CT molecular complexity index is 564. The molecule has 0 saturated carbocycles. The van der Waals surface area contributed by atoms with Crippen LogP contribution in [0.1, 0.15) is 11.3 Å². The average molecular weight is 301 g/mol. The monoisotopic (exact) mass is 301 g/mol. The summed E-state index contributed by atoms with van der Waals surface area (Å²) < 4.78 is 50.6. The highest BCUT2D eigenvalue weighted by Gasteiger charge is 2.30. The third kappa shape index (κ3) is 4.71. The van der Waals surface area contributed by atoms with Crippen LogP contribution in [0.4, 0.5) is 13.2 Å². The molecule has 0 atom stereocenters. The highest BCUT2D eigenvalue weighted by molar-refractivity contribution is 5.31. The van der Waals surface area contributed by atoms with Crippen molar-refractivity contribution in [2.24, 2.45) is 0 Å². The fourth-order valence-electron chi connectivity index (χ4n) is 1.71. The van der Waals surface area contributed by atoms with Crippen LogP contribution in [-0.4, -0.2) is 13.4 Å². The van der Waals surface area contributed by atoms with E-state index >= 15 is 0 Å². The van der Waals surface area contributed by atoms with E-state index in [0.717, 1.165) is 11.3 Å². The zero-order valence-electron chi connectivity index (χ0n) is 11.2. The number of hydrogen-bond donors (Lipinski definition) is 1. The molecule has 0 fully saturated rings. The molecular formula is C14H14F3NO3. The molecule has 0 unspecified atom stereocenters. The Morgan fingerprint density at radius 3 is 2.38 bits per heavy atom. The van der Waals surface area contributed by atoms with Crippen LogP contribution in [0.15, 0.2) is 41.0 Å². The van der Waals surface area contributed by atoms with Gasteiger partial charge >= 0.3 is 6.36 Å². The van der Waals surface area contributed by atoms with Crippen molar-refractivity contribution in [3.05, 3.63) is 47.9 Å². The number of hydrogen-bond acceptors (Lipinski definition) is 4. The molecule has 0 spiro atoms. The Hall–Kier alpha value is -2.15. The number of rotatable bonds is 6. The summed E-state index contributed by atoms with van der Waals surface area (Å²) in [7, 11) is 1.80. The summed E-state index contributed by atoms with van der Waals surface area (Å²) in [6.07, 6.45) is -3.13. The van der Waals surface area contributed by atoms with E-state index in [1.165, 1.54) is 24.3 Å². The van der Waals surface area contributed by atoms with E-state index in [1.54, 1.807) is 19.4 Å². The molecular weight excluding hydrogens is 287 g/mol. The molecule has 114 valence electrons. The van der Waals surface area contributed by atoms with Crippen molar-refractivity contribution in [1.29, 1.82) is 0 Å². The lowest BCUT2D eigenvalue weighted by molar-refractivity contribution is -0.274. The zero-order valence-corrected chi connectivity index (χ0v) is 11.2. The maximum Gasteiger partial charge on any atom is 0.573 e. The van der Waals surface area contributed by atoms with Crippen molar-refractivity contribution >= 4 is 0 Å². The first-order chi connectivity index (χ1) is 9.98. The van der Waals surface area contributed by atoms with Gasteiger partial charge in [-0.1, -0.05) is 0 Å².